The summed E-state index contributed by atoms with van der Waals surface area (Å²) in [6.07, 6.45) is 0. The fourth-order valence-electron chi connectivity index (χ4n) is 0. The van der Waals surface area contributed by atoms with Crippen LogP contribution in [0.1, 0.15) is 0 Å². The van der Waals surface area contributed by atoms with Gasteiger partial charge in [-0.1, -0.05) is 0 Å². The van der Waals surface area contributed by atoms with Gasteiger partial charge in [0.05, 0.1) is 20.3 Å². The first kappa shape index (κ1) is 36.0. The zero-order chi connectivity index (χ0) is 14.3. The molecule has 0 saturated heterocycles. The summed E-state index contributed by atoms with van der Waals surface area (Å²) in [5.41, 5.74) is 0. The van der Waals surface area contributed by atoms with E-state index in [9.17, 15) is 0 Å². The van der Waals surface area contributed by atoms with E-state index >= 15 is 0 Å². The molecule has 0 bridgehead atoms. The van der Waals surface area contributed by atoms with Crippen LogP contribution in [0.15, 0.2) is 0 Å². The van der Waals surface area contributed by atoms with Crippen molar-refractivity contribution in [3.63, 3.8) is 0 Å². The predicted octanol–water partition coefficient (Wildman–Crippen LogP) is -1.34. The first-order valence-electron chi connectivity index (χ1n) is 2.19. The molecule has 0 aromatic rings. The van der Waals surface area contributed by atoms with Crippen LogP contribution in [-0.4, -0.2) is 47.6 Å². The fourth-order valence-corrected chi connectivity index (χ4v) is 0. The third kappa shape index (κ3) is 808. The Kier molecular flexibility index (Phi) is 58.9. The molecule has 18 heteroatoms. The molecule has 0 aliphatic rings. The molecule has 0 spiro atoms. The van der Waals surface area contributed by atoms with Crippen LogP contribution in [0.25, 0.3) is 0 Å². The summed E-state index contributed by atoms with van der Waals surface area (Å²) in [4.78, 5) is 33.0. The van der Waals surface area contributed by atoms with E-state index < -0.39 is 20.3 Å². The van der Waals surface area contributed by atoms with Crippen LogP contribution in [0.2, 0.25) is 0 Å². The maximum atomic E-state index is 8.25. The minimum atomic E-state index is -1.75. The van der Waals surface area contributed by atoms with E-state index in [-0.39, 0.29) is 44.4 Å². The molecule has 0 atom stereocenters. The Hall–Kier alpha value is -1.76. The van der Waals surface area contributed by atoms with Gasteiger partial charge >= 0.3 is 44.4 Å². The zero-order valence-corrected chi connectivity index (χ0v) is 12.3. The molecule has 107 valence electrons. The Bertz CT molecular complexity index is 164. The van der Waals surface area contributed by atoms with Crippen LogP contribution in [0.5, 0.6) is 0 Å². The van der Waals surface area contributed by atoms with E-state index in [1.165, 1.54) is 0 Å². The van der Waals surface area contributed by atoms with Crippen molar-refractivity contribution in [1.82, 2.24) is 0 Å². The Balaban J connectivity index is -0.0000000257. The summed E-state index contributed by atoms with van der Waals surface area (Å²) in [7, 11) is 0. The van der Waals surface area contributed by atoms with E-state index in [2.05, 4.69) is 0 Å². The second kappa shape index (κ2) is 29.5. The molecule has 0 heterocycles. The van der Waals surface area contributed by atoms with E-state index in [4.69, 9.17) is 61.3 Å². The maximum absolute atomic E-state index is 8.25. The maximum Gasteiger partial charge on any atom is 2.00 e. The van der Waals surface area contributed by atoms with Gasteiger partial charge in [-0.15, -0.1) is 0 Å². The summed E-state index contributed by atoms with van der Waals surface area (Å²) in [6, 6.07) is 0. The summed E-state index contributed by atoms with van der Waals surface area (Å²) < 4.78 is 0. The Morgan fingerprint density at radius 2 is 0.444 bits per heavy atom. The zero-order valence-electron chi connectivity index (χ0n) is 7.49. The van der Waals surface area contributed by atoms with Gasteiger partial charge in [0.25, 0.3) is 0 Å². The molecule has 3 radical (unpaired) electrons. The van der Waals surface area contributed by atoms with Crippen molar-refractivity contribution in [2.24, 2.45) is 0 Å². The van der Waals surface area contributed by atoms with Gasteiger partial charge in [0.2, 0.25) is 0 Å². The molecule has 0 unspecified atom stereocenters. The molecule has 0 aromatic carbocycles. The van der Waals surface area contributed by atoms with Gasteiger partial charge in [0.1, 0.15) is 0 Å². The van der Waals surface area contributed by atoms with Crippen molar-refractivity contribution in [3.8, 4) is 0 Å². The van der Waals surface area contributed by atoms with E-state index in [0.717, 1.165) is 0 Å². The minimum absolute atomic E-state index is 0. The number of hydrogen-bond donors (Lipinski definition) is 0. The first-order chi connectivity index (χ1) is 6.93. The normalized spacial score (nSPS) is 5.33. The van der Waals surface area contributed by atoms with E-state index in [1.54, 1.807) is 0 Å². The molecule has 16 nitrogen and oxygen atoms in total. The monoisotopic (exact) mass is 519 g/mol. The quantitative estimate of drug-likeness (QED) is 0.205. The van der Waals surface area contributed by atoms with Gasteiger partial charge in [0, 0.05) is 0 Å². The van der Waals surface area contributed by atoms with Crippen LogP contribution in [0.4, 0.5) is 0 Å². The summed E-state index contributed by atoms with van der Waals surface area (Å²) in [5, 5.41) is 59.0. The first-order valence-corrected chi connectivity index (χ1v) is 2.19. The third-order valence-electron chi connectivity index (χ3n) is 0. The van der Waals surface area contributed by atoms with Crippen molar-refractivity contribution in [2.75, 3.05) is 0 Å². The second-order valence-electron chi connectivity index (χ2n) is 0.894. The number of hydrogen-bond acceptors (Lipinski definition) is 12. The van der Waals surface area contributed by atoms with E-state index in [0.29, 0.717) is 0 Å². The number of nitrogens with zero attached hydrogens (tertiary/aromatic N) is 4. The fraction of sp³-hybridized carbons (Fsp3) is 0. The number of rotatable bonds is 0. The van der Waals surface area contributed by atoms with Gasteiger partial charge < -0.3 is 61.3 Å². The van der Waals surface area contributed by atoms with Crippen LogP contribution in [-0.2, 0) is 17.1 Å². The molecule has 0 rings (SSSR count). The van der Waals surface area contributed by atoms with Crippen molar-refractivity contribution < 1.29 is 37.4 Å². The molecule has 0 aromatic heterocycles. The van der Waals surface area contributed by atoms with Crippen molar-refractivity contribution in [2.45, 2.75) is 0 Å². The minimum Gasteiger partial charge on any atom is -0.356 e. The van der Waals surface area contributed by atoms with Crippen LogP contribution in [0.3, 0.4) is 0 Å². The summed E-state index contributed by atoms with van der Waals surface area (Å²) >= 11 is 0. The molecule has 0 aliphatic carbocycles. The molecule has 0 amide bonds. The summed E-state index contributed by atoms with van der Waals surface area (Å²) in [6.45, 7) is 0. The van der Waals surface area contributed by atoms with Crippen molar-refractivity contribution in [1.29, 1.82) is 0 Å². The summed E-state index contributed by atoms with van der Waals surface area (Å²) in [5.74, 6) is 0. The van der Waals surface area contributed by atoms with Gasteiger partial charge in [0.15, 0.2) is 0 Å². The standard InChI is InChI=1S/Cu.4NO3.Pb/c;4*2-1(3)4;/q+2;4*-1;+2. The Labute approximate surface area is 126 Å². The van der Waals surface area contributed by atoms with Crippen LogP contribution in [0, 0.1) is 61.3 Å². The second-order valence-corrected chi connectivity index (χ2v) is 0.894. The van der Waals surface area contributed by atoms with Crippen LogP contribution < -0.4 is 0 Å². The topological polar surface area (TPSA) is 265 Å². The molecule has 0 fully saturated rings. The molecular formula is CuN4O12Pb. The average Bonchev–Trinajstić information content (AvgIpc) is 1.76. The predicted molar refractivity (Wildman–Crippen MR) is 47.2 cm³/mol. The van der Waals surface area contributed by atoms with Gasteiger partial charge in [-0.05, 0) is 0 Å². The van der Waals surface area contributed by atoms with Crippen LogP contribution >= 0.6 is 0 Å². The smallest absolute Gasteiger partial charge is 0.356 e. The molecule has 0 N–H and O–H groups in total. The third-order valence-corrected chi connectivity index (χ3v) is 0. The van der Waals surface area contributed by atoms with Gasteiger partial charge in [-0.3, -0.25) is 0 Å². The molecular weight excluding hydrogens is 519 g/mol. The Morgan fingerprint density at radius 3 is 0.444 bits per heavy atom. The molecule has 18 heavy (non-hydrogen) atoms. The Morgan fingerprint density at radius 1 is 0.444 bits per heavy atom. The largest absolute Gasteiger partial charge is 2.00 e. The van der Waals surface area contributed by atoms with Gasteiger partial charge in [-0.2, -0.15) is 0 Å². The van der Waals surface area contributed by atoms with E-state index in [1.807, 2.05) is 0 Å². The molecule has 0 saturated carbocycles. The average molecular weight is 519 g/mol. The van der Waals surface area contributed by atoms with Crippen molar-refractivity contribution >= 4 is 27.3 Å². The molecule has 0 aliphatic heterocycles. The van der Waals surface area contributed by atoms with Crippen molar-refractivity contribution in [3.05, 3.63) is 61.3 Å². The SMILES string of the molecule is O=[N+]([O-])[O-].O=[N+]([O-])[O-].O=[N+]([O-])[O-].O=[N+]([O-])[O-].[Cu+2].[Pb+2]. The van der Waals surface area contributed by atoms with Gasteiger partial charge in [-0.25, -0.2) is 0 Å².